The second-order valence-corrected chi connectivity index (χ2v) is 8.05. The van der Waals surface area contributed by atoms with Crippen molar-refractivity contribution in [1.82, 2.24) is 10.2 Å². The van der Waals surface area contributed by atoms with Gasteiger partial charge < -0.3 is 25.2 Å². The number of likely N-dealkylation sites (tertiary alicyclic amines) is 1. The van der Waals surface area contributed by atoms with Crippen LogP contribution in [0.2, 0.25) is 0 Å². The third-order valence-electron chi connectivity index (χ3n) is 5.50. The van der Waals surface area contributed by atoms with E-state index in [1.807, 2.05) is 32.0 Å². The molecule has 0 atom stereocenters. The summed E-state index contributed by atoms with van der Waals surface area (Å²) in [5, 5.41) is 22.2. The van der Waals surface area contributed by atoms with Crippen molar-refractivity contribution in [3.63, 3.8) is 0 Å². The highest BCUT2D eigenvalue weighted by molar-refractivity contribution is 5.95. The number of aryl methyl sites for hydroxylation is 2. The number of hydrogen-bond donors (Lipinski definition) is 3. The van der Waals surface area contributed by atoms with Gasteiger partial charge in [0.2, 0.25) is 5.91 Å². The number of ether oxygens (including phenoxy) is 1. The lowest BCUT2D eigenvalue weighted by Crippen LogP contribution is -2.46. The molecule has 0 saturated carbocycles. The number of carbonyl (C=O) groups excluding carboxylic acids is 2. The minimum Gasteiger partial charge on any atom is -0.508 e. The van der Waals surface area contributed by atoms with Gasteiger partial charge >= 0.3 is 0 Å². The molecule has 0 aliphatic carbocycles. The second kappa shape index (κ2) is 10.2. The Bertz CT molecular complexity index is 895. The van der Waals surface area contributed by atoms with Crippen molar-refractivity contribution in [1.29, 1.82) is 0 Å². The number of nitrogens with zero attached hydrogens (tertiary/aromatic N) is 1. The van der Waals surface area contributed by atoms with Crippen LogP contribution in [0.25, 0.3) is 0 Å². The van der Waals surface area contributed by atoms with E-state index in [1.165, 1.54) is 18.2 Å². The monoisotopic (exact) mass is 426 g/mol. The molecule has 31 heavy (non-hydrogen) atoms. The van der Waals surface area contributed by atoms with Crippen molar-refractivity contribution in [3.05, 3.63) is 53.1 Å². The average Bonchev–Trinajstić information content (AvgIpc) is 2.72. The molecule has 1 heterocycles. The van der Waals surface area contributed by atoms with E-state index in [0.717, 1.165) is 16.9 Å². The SMILES string of the molecule is Cc1cccc(C)c1OCCCC(=O)NC1CCN(C(=O)c2cc(O)cc(O)c2)CC1. The summed E-state index contributed by atoms with van der Waals surface area (Å²) in [4.78, 5) is 26.5. The van der Waals surface area contributed by atoms with Crippen LogP contribution in [0.1, 0.15) is 47.2 Å². The number of piperidine rings is 1. The first kappa shape index (κ1) is 22.5. The van der Waals surface area contributed by atoms with Crippen molar-refractivity contribution in [2.45, 2.75) is 45.6 Å². The van der Waals surface area contributed by atoms with Gasteiger partial charge in [0.1, 0.15) is 17.2 Å². The fourth-order valence-corrected chi connectivity index (χ4v) is 3.86. The van der Waals surface area contributed by atoms with Crippen LogP contribution in [-0.4, -0.2) is 52.7 Å². The largest absolute Gasteiger partial charge is 0.508 e. The molecule has 0 radical (unpaired) electrons. The minimum atomic E-state index is -0.236. The quantitative estimate of drug-likeness (QED) is 0.590. The standard InChI is InChI=1S/C24H30N2O5/c1-16-5-3-6-17(2)23(16)31-12-4-7-22(29)25-19-8-10-26(11-9-19)24(30)18-13-20(27)15-21(28)14-18/h3,5-6,13-15,19,27-28H,4,7-12H2,1-2H3,(H,25,29). The predicted octanol–water partition coefficient (Wildman–Crippen LogP) is 3.29. The molecule has 3 N–H and O–H groups in total. The van der Waals surface area contributed by atoms with Crippen LogP contribution in [0.15, 0.2) is 36.4 Å². The number of para-hydroxylation sites is 1. The molecule has 1 saturated heterocycles. The Balaban J connectivity index is 1.38. The Hall–Kier alpha value is -3.22. The number of phenolic OH excluding ortho intramolecular Hbond substituents is 2. The Kier molecular flexibility index (Phi) is 7.39. The van der Waals surface area contributed by atoms with E-state index in [1.54, 1.807) is 4.90 Å². The van der Waals surface area contributed by atoms with Gasteiger partial charge in [-0.1, -0.05) is 18.2 Å². The Morgan fingerprint density at radius 3 is 2.29 bits per heavy atom. The Labute approximate surface area is 182 Å². The van der Waals surface area contributed by atoms with Crippen molar-refractivity contribution >= 4 is 11.8 Å². The van der Waals surface area contributed by atoms with Gasteiger partial charge in [0.15, 0.2) is 0 Å². The van der Waals surface area contributed by atoms with Gasteiger partial charge in [-0.15, -0.1) is 0 Å². The van der Waals surface area contributed by atoms with Gasteiger partial charge in [-0.3, -0.25) is 9.59 Å². The first-order valence-electron chi connectivity index (χ1n) is 10.6. The maximum atomic E-state index is 12.6. The molecule has 7 nitrogen and oxygen atoms in total. The molecular weight excluding hydrogens is 396 g/mol. The number of hydrogen-bond acceptors (Lipinski definition) is 5. The van der Waals surface area contributed by atoms with Gasteiger partial charge in [-0.05, 0) is 56.4 Å². The summed E-state index contributed by atoms with van der Waals surface area (Å²) in [6.07, 6.45) is 2.37. The number of nitrogens with one attached hydrogen (secondary N) is 1. The van der Waals surface area contributed by atoms with E-state index in [9.17, 15) is 19.8 Å². The lowest BCUT2D eigenvalue weighted by Gasteiger charge is -2.32. The molecule has 166 valence electrons. The summed E-state index contributed by atoms with van der Waals surface area (Å²) in [6.45, 7) is 5.53. The van der Waals surface area contributed by atoms with Crippen LogP contribution in [0.4, 0.5) is 0 Å². The summed E-state index contributed by atoms with van der Waals surface area (Å²) in [6, 6.07) is 9.93. The van der Waals surface area contributed by atoms with Gasteiger partial charge in [0.05, 0.1) is 6.61 Å². The minimum absolute atomic E-state index is 0.00668. The first-order valence-corrected chi connectivity index (χ1v) is 10.6. The zero-order valence-electron chi connectivity index (χ0n) is 18.1. The molecule has 2 aromatic rings. The third kappa shape index (κ3) is 6.13. The molecule has 0 unspecified atom stereocenters. The van der Waals surface area contributed by atoms with Gasteiger partial charge in [-0.25, -0.2) is 0 Å². The maximum absolute atomic E-state index is 12.6. The Morgan fingerprint density at radius 2 is 1.68 bits per heavy atom. The third-order valence-corrected chi connectivity index (χ3v) is 5.50. The summed E-state index contributed by atoms with van der Waals surface area (Å²) >= 11 is 0. The lowest BCUT2D eigenvalue weighted by atomic mass is 10.0. The highest BCUT2D eigenvalue weighted by atomic mass is 16.5. The lowest BCUT2D eigenvalue weighted by molar-refractivity contribution is -0.122. The van der Waals surface area contributed by atoms with Crippen LogP contribution < -0.4 is 10.1 Å². The molecule has 7 heteroatoms. The summed E-state index contributed by atoms with van der Waals surface area (Å²) in [7, 11) is 0. The summed E-state index contributed by atoms with van der Waals surface area (Å²) in [5.41, 5.74) is 2.43. The van der Waals surface area contributed by atoms with E-state index in [2.05, 4.69) is 5.32 Å². The molecule has 1 fully saturated rings. The van der Waals surface area contributed by atoms with Gasteiger partial charge in [0.25, 0.3) is 5.91 Å². The topological polar surface area (TPSA) is 99.1 Å². The van der Waals surface area contributed by atoms with E-state index in [4.69, 9.17) is 4.74 Å². The summed E-state index contributed by atoms with van der Waals surface area (Å²) in [5.74, 6) is 0.353. The molecule has 3 rings (SSSR count). The normalized spacial score (nSPS) is 14.3. The number of rotatable bonds is 7. The number of carbonyl (C=O) groups is 2. The van der Waals surface area contributed by atoms with Crippen molar-refractivity contribution < 1.29 is 24.5 Å². The van der Waals surface area contributed by atoms with Crippen LogP contribution in [-0.2, 0) is 4.79 Å². The van der Waals surface area contributed by atoms with Crippen molar-refractivity contribution in [3.8, 4) is 17.2 Å². The van der Waals surface area contributed by atoms with E-state index >= 15 is 0 Å². The number of phenols is 2. The molecule has 1 aliphatic rings. The fraction of sp³-hybridized carbons (Fsp3) is 0.417. The van der Waals surface area contributed by atoms with E-state index in [0.29, 0.717) is 45.4 Å². The Morgan fingerprint density at radius 1 is 1.06 bits per heavy atom. The molecule has 1 aliphatic heterocycles. The summed E-state index contributed by atoms with van der Waals surface area (Å²) < 4.78 is 5.85. The molecular formula is C24H30N2O5. The fourth-order valence-electron chi connectivity index (χ4n) is 3.86. The average molecular weight is 427 g/mol. The zero-order valence-corrected chi connectivity index (χ0v) is 18.1. The molecule has 2 aromatic carbocycles. The molecule has 2 amide bonds. The smallest absolute Gasteiger partial charge is 0.254 e. The van der Waals surface area contributed by atoms with Crippen molar-refractivity contribution in [2.75, 3.05) is 19.7 Å². The molecule has 0 aromatic heterocycles. The number of amides is 2. The van der Waals surface area contributed by atoms with Gasteiger partial charge in [0, 0.05) is 37.2 Å². The second-order valence-electron chi connectivity index (χ2n) is 8.05. The van der Waals surface area contributed by atoms with Crippen LogP contribution in [0, 0.1) is 13.8 Å². The van der Waals surface area contributed by atoms with Crippen molar-refractivity contribution in [2.24, 2.45) is 0 Å². The van der Waals surface area contributed by atoms with Crippen LogP contribution in [0.3, 0.4) is 0 Å². The highest BCUT2D eigenvalue weighted by Crippen LogP contribution is 2.24. The van der Waals surface area contributed by atoms with Crippen LogP contribution >= 0.6 is 0 Å². The van der Waals surface area contributed by atoms with E-state index < -0.39 is 0 Å². The molecule has 0 spiro atoms. The van der Waals surface area contributed by atoms with E-state index in [-0.39, 0.29) is 34.9 Å². The predicted molar refractivity (Wildman–Crippen MR) is 117 cm³/mol. The van der Waals surface area contributed by atoms with Gasteiger partial charge in [-0.2, -0.15) is 0 Å². The van der Waals surface area contributed by atoms with Crippen LogP contribution in [0.5, 0.6) is 17.2 Å². The highest BCUT2D eigenvalue weighted by Gasteiger charge is 2.25. The maximum Gasteiger partial charge on any atom is 0.254 e. The number of benzene rings is 2. The number of aromatic hydroxyl groups is 2. The first-order chi connectivity index (χ1) is 14.8. The zero-order chi connectivity index (χ0) is 22.4. The molecule has 0 bridgehead atoms.